The Morgan fingerprint density at radius 1 is 1.55 bits per heavy atom. The Kier molecular flexibility index (Phi) is 3.53. The molecule has 0 radical (unpaired) electrons. The molecule has 1 amide bonds. The molecule has 0 saturated heterocycles. The Labute approximate surface area is 134 Å². The first-order valence-electron chi connectivity index (χ1n) is 6.25. The van der Waals surface area contributed by atoms with E-state index in [1.54, 1.807) is 13.1 Å². The highest BCUT2D eigenvalue weighted by Crippen LogP contribution is 2.38. The highest BCUT2D eigenvalue weighted by molar-refractivity contribution is 14.1. The summed E-state index contributed by atoms with van der Waals surface area (Å²) in [6, 6.07) is 4.14. The zero-order valence-corrected chi connectivity index (χ0v) is 13.7. The van der Waals surface area contributed by atoms with E-state index < -0.39 is 6.09 Å². The number of pyridine rings is 1. The lowest BCUT2D eigenvalue weighted by Gasteiger charge is -2.40. The van der Waals surface area contributed by atoms with Gasteiger partial charge in [0, 0.05) is 34.3 Å². The number of hydrogen-bond acceptors (Lipinski definition) is 2. The van der Waals surface area contributed by atoms with Gasteiger partial charge in [-0.3, -0.25) is 0 Å². The standard InChI is InChI=1S/C13H13ClIN3O2/c1-17(13(19)20)7-4-8(5-7)18-6-10(15)9-2-3-11(14)16-12(9)18/h2-3,6-8H,4-5H2,1H3,(H,19,20)/t7-,8-. The lowest BCUT2D eigenvalue weighted by molar-refractivity contribution is 0.0902. The summed E-state index contributed by atoms with van der Waals surface area (Å²) < 4.78 is 3.26. The predicted octanol–water partition coefficient (Wildman–Crippen LogP) is 3.61. The van der Waals surface area contributed by atoms with E-state index in [0.29, 0.717) is 11.2 Å². The minimum Gasteiger partial charge on any atom is -0.465 e. The fourth-order valence-corrected chi connectivity index (χ4v) is 3.46. The maximum absolute atomic E-state index is 10.9. The number of fused-ring (bicyclic) bond motifs is 1. The SMILES string of the molecule is CN(C(=O)O)[C@H]1C[C@H](n2cc(I)c3ccc(Cl)nc32)C1. The molecular formula is C13H13ClIN3O2. The van der Waals surface area contributed by atoms with Crippen molar-refractivity contribution >= 4 is 51.3 Å². The van der Waals surface area contributed by atoms with E-state index in [1.165, 1.54) is 4.90 Å². The number of amides is 1. The molecule has 2 heterocycles. The van der Waals surface area contributed by atoms with Gasteiger partial charge in [-0.05, 0) is 47.6 Å². The number of hydrogen-bond donors (Lipinski definition) is 1. The number of carbonyl (C=O) groups is 1. The zero-order valence-electron chi connectivity index (χ0n) is 10.8. The summed E-state index contributed by atoms with van der Waals surface area (Å²) in [7, 11) is 1.62. The van der Waals surface area contributed by atoms with Gasteiger partial charge in [-0.15, -0.1) is 0 Å². The van der Waals surface area contributed by atoms with Gasteiger partial charge in [-0.25, -0.2) is 9.78 Å². The Morgan fingerprint density at radius 2 is 2.25 bits per heavy atom. The summed E-state index contributed by atoms with van der Waals surface area (Å²) >= 11 is 8.26. The van der Waals surface area contributed by atoms with Crippen molar-refractivity contribution in [3.8, 4) is 0 Å². The number of rotatable bonds is 2. The van der Waals surface area contributed by atoms with Crippen molar-refractivity contribution in [2.45, 2.75) is 24.9 Å². The van der Waals surface area contributed by atoms with Gasteiger partial charge in [-0.2, -0.15) is 0 Å². The van der Waals surface area contributed by atoms with E-state index >= 15 is 0 Å². The zero-order chi connectivity index (χ0) is 14.4. The molecule has 0 atom stereocenters. The maximum atomic E-state index is 10.9. The maximum Gasteiger partial charge on any atom is 0.407 e. The third-order valence-electron chi connectivity index (χ3n) is 3.93. The van der Waals surface area contributed by atoms with Crippen LogP contribution in [0.5, 0.6) is 0 Å². The van der Waals surface area contributed by atoms with Crippen molar-refractivity contribution in [1.29, 1.82) is 0 Å². The quantitative estimate of drug-likeness (QED) is 0.613. The van der Waals surface area contributed by atoms with Crippen LogP contribution in [0.4, 0.5) is 4.79 Å². The average Bonchev–Trinajstić information content (AvgIpc) is 2.64. The first-order chi connectivity index (χ1) is 9.47. The molecule has 0 bridgehead atoms. The minimum atomic E-state index is -0.874. The number of aromatic nitrogens is 2. The van der Waals surface area contributed by atoms with Crippen molar-refractivity contribution < 1.29 is 9.90 Å². The Morgan fingerprint density at radius 3 is 2.90 bits per heavy atom. The first kappa shape index (κ1) is 13.9. The summed E-state index contributed by atoms with van der Waals surface area (Å²) in [6.07, 6.45) is 2.82. The lowest BCUT2D eigenvalue weighted by Crippen LogP contribution is -2.45. The summed E-state index contributed by atoms with van der Waals surface area (Å²) in [5.41, 5.74) is 0.878. The van der Waals surface area contributed by atoms with Gasteiger partial charge >= 0.3 is 6.09 Å². The lowest BCUT2D eigenvalue weighted by atomic mass is 9.85. The van der Waals surface area contributed by atoms with Gasteiger partial charge in [-0.1, -0.05) is 11.6 Å². The fourth-order valence-electron chi connectivity index (χ4n) is 2.60. The molecule has 1 fully saturated rings. The third kappa shape index (κ3) is 2.24. The van der Waals surface area contributed by atoms with Crippen LogP contribution in [-0.2, 0) is 0 Å². The van der Waals surface area contributed by atoms with Crippen LogP contribution in [0.1, 0.15) is 18.9 Å². The molecule has 20 heavy (non-hydrogen) atoms. The Balaban J connectivity index is 1.86. The van der Waals surface area contributed by atoms with Gasteiger partial charge < -0.3 is 14.6 Å². The molecule has 0 unspecified atom stereocenters. The molecule has 0 aliphatic heterocycles. The predicted molar refractivity (Wildman–Crippen MR) is 85.3 cm³/mol. The monoisotopic (exact) mass is 405 g/mol. The van der Waals surface area contributed by atoms with Crippen LogP contribution in [-0.4, -0.2) is 38.7 Å². The van der Waals surface area contributed by atoms with Gasteiger partial charge in [0.2, 0.25) is 0 Å². The van der Waals surface area contributed by atoms with Crippen LogP contribution in [0.15, 0.2) is 18.3 Å². The summed E-state index contributed by atoms with van der Waals surface area (Å²) in [4.78, 5) is 16.7. The summed E-state index contributed by atoms with van der Waals surface area (Å²) in [5, 5.41) is 10.5. The second kappa shape index (κ2) is 5.07. The number of halogens is 2. The van der Waals surface area contributed by atoms with Gasteiger partial charge in [0.05, 0.1) is 0 Å². The van der Waals surface area contributed by atoms with E-state index in [0.717, 1.165) is 27.4 Å². The smallest absolute Gasteiger partial charge is 0.407 e. The second-order valence-corrected chi connectivity index (χ2v) is 6.61. The van der Waals surface area contributed by atoms with E-state index in [4.69, 9.17) is 16.7 Å². The molecule has 1 aliphatic rings. The van der Waals surface area contributed by atoms with E-state index in [1.807, 2.05) is 6.07 Å². The summed E-state index contributed by atoms with van der Waals surface area (Å²) in [6.45, 7) is 0. The molecule has 2 aromatic heterocycles. The highest BCUT2D eigenvalue weighted by Gasteiger charge is 2.36. The van der Waals surface area contributed by atoms with Gasteiger partial charge in [0.15, 0.2) is 0 Å². The van der Waals surface area contributed by atoms with Crippen molar-refractivity contribution in [2.24, 2.45) is 0 Å². The summed E-state index contributed by atoms with van der Waals surface area (Å²) in [5.74, 6) is 0. The molecule has 5 nitrogen and oxygen atoms in total. The van der Waals surface area contributed by atoms with Gasteiger partial charge in [0.1, 0.15) is 10.8 Å². The third-order valence-corrected chi connectivity index (χ3v) is 5.00. The minimum absolute atomic E-state index is 0.0896. The van der Waals surface area contributed by atoms with Gasteiger partial charge in [0.25, 0.3) is 0 Å². The molecule has 7 heteroatoms. The molecule has 1 aliphatic carbocycles. The van der Waals surface area contributed by atoms with Crippen LogP contribution in [0, 0.1) is 3.57 Å². The molecule has 1 N–H and O–H groups in total. The van der Waals surface area contributed by atoms with Crippen LogP contribution in [0.3, 0.4) is 0 Å². The normalized spacial score (nSPS) is 21.8. The fraction of sp³-hybridized carbons (Fsp3) is 0.385. The van der Waals surface area contributed by atoms with Crippen molar-refractivity contribution in [3.05, 3.63) is 27.1 Å². The van der Waals surface area contributed by atoms with E-state index in [9.17, 15) is 4.79 Å². The number of nitrogens with zero attached hydrogens (tertiary/aromatic N) is 3. The first-order valence-corrected chi connectivity index (χ1v) is 7.71. The average molecular weight is 406 g/mol. The van der Waals surface area contributed by atoms with E-state index in [2.05, 4.69) is 38.3 Å². The topological polar surface area (TPSA) is 58.4 Å². The second-order valence-electron chi connectivity index (χ2n) is 5.06. The molecule has 0 aromatic carbocycles. The Bertz CT molecular complexity index is 682. The molecular weight excluding hydrogens is 393 g/mol. The van der Waals surface area contributed by atoms with Crippen LogP contribution >= 0.6 is 34.2 Å². The molecule has 3 rings (SSSR count). The molecule has 1 saturated carbocycles. The largest absolute Gasteiger partial charge is 0.465 e. The van der Waals surface area contributed by atoms with Crippen LogP contribution < -0.4 is 0 Å². The molecule has 106 valence electrons. The molecule has 2 aromatic rings. The van der Waals surface area contributed by atoms with Crippen molar-refractivity contribution in [3.63, 3.8) is 0 Å². The number of carboxylic acid groups (broad SMARTS) is 1. The Hall–Kier alpha value is -1.02. The van der Waals surface area contributed by atoms with Crippen molar-refractivity contribution in [1.82, 2.24) is 14.5 Å². The molecule has 0 spiro atoms. The van der Waals surface area contributed by atoms with Crippen molar-refractivity contribution in [2.75, 3.05) is 7.05 Å². The van der Waals surface area contributed by atoms with Crippen LogP contribution in [0.2, 0.25) is 5.15 Å². The highest BCUT2D eigenvalue weighted by atomic mass is 127. The van der Waals surface area contributed by atoms with Crippen LogP contribution in [0.25, 0.3) is 11.0 Å². The van der Waals surface area contributed by atoms with E-state index in [-0.39, 0.29) is 6.04 Å².